The molecule has 0 unspecified atom stereocenters. The summed E-state index contributed by atoms with van der Waals surface area (Å²) in [5.74, 6) is 1.67. The molecule has 0 bridgehead atoms. The van der Waals surface area contributed by atoms with E-state index in [1.807, 2.05) is 60.5 Å². The van der Waals surface area contributed by atoms with Crippen molar-refractivity contribution in [2.24, 2.45) is 5.92 Å². The summed E-state index contributed by atoms with van der Waals surface area (Å²) in [6.07, 6.45) is 2.59. The quantitative estimate of drug-likeness (QED) is 0.784. The molecule has 1 heterocycles. The molecule has 27 heavy (non-hydrogen) atoms. The fourth-order valence-corrected chi connectivity index (χ4v) is 3.58. The number of nitrogens with one attached hydrogen (secondary N) is 1. The lowest BCUT2D eigenvalue weighted by molar-refractivity contribution is -0.131. The van der Waals surface area contributed by atoms with Gasteiger partial charge in [-0.05, 0) is 67.7 Å². The molecule has 0 aliphatic carbocycles. The average Bonchev–Trinajstić information content (AvgIpc) is 2.69. The van der Waals surface area contributed by atoms with Crippen LogP contribution in [0.1, 0.15) is 24.0 Å². The van der Waals surface area contributed by atoms with E-state index in [0.29, 0.717) is 24.0 Å². The third-order valence-electron chi connectivity index (χ3n) is 5.03. The molecule has 1 fully saturated rings. The highest BCUT2D eigenvalue weighted by Gasteiger charge is 2.22. The maximum absolute atomic E-state index is 12.6. The van der Waals surface area contributed by atoms with Crippen LogP contribution in [0.2, 0.25) is 5.02 Å². The van der Waals surface area contributed by atoms with E-state index in [0.717, 1.165) is 49.4 Å². The van der Waals surface area contributed by atoms with E-state index < -0.39 is 0 Å². The van der Waals surface area contributed by atoms with Crippen LogP contribution in [0.4, 0.5) is 0 Å². The van der Waals surface area contributed by atoms with Crippen LogP contribution in [0.15, 0.2) is 48.5 Å². The highest BCUT2D eigenvalue weighted by Crippen LogP contribution is 2.20. The SMILES string of the molecule is CNCC1CCN(C(=O)Cc2cccc(OCc3ccc(Cl)cc3)c2)CC1. The van der Waals surface area contributed by atoms with Gasteiger partial charge >= 0.3 is 0 Å². The van der Waals surface area contributed by atoms with Crippen molar-refractivity contribution in [1.82, 2.24) is 10.2 Å². The number of carbonyl (C=O) groups is 1. The highest BCUT2D eigenvalue weighted by atomic mass is 35.5. The molecule has 144 valence electrons. The van der Waals surface area contributed by atoms with E-state index in [1.54, 1.807) is 0 Å². The number of hydrogen-bond donors (Lipinski definition) is 1. The smallest absolute Gasteiger partial charge is 0.226 e. The highest BCUT2D eigenvalue weighted by molar-refractivity contribution is 6.30. The lowest BCUT2D eigenvalue weighted by Crippen LogP contribution is -2.41. The molecule has 0 atom stereocenters. The van der Waals surface area contributed by atoms with Crippen molar-refractivity contribution in [2.45, 2.75) is 25.9 Å². The number of hydrogen-bond acceptors (Lipinski definition) is 3. The van der Waals surface area contributed by atoms with Gasteiger partial charge < -0.3 is 15.0 Å². The summed E-state index contributed by atoms with van der Waals surface area (Å²) in [6, 6.07) is 15.4. The van der Waals surface area contributed by atoms with E-state index in [2.05, 4.69) is 5.32 Å². The summed E-state index contributed by atoms with van der Waals surface area (Å²) in [6.45, 7) is 3.23. The summed E-state index contributed by atoms with van der Waals surface area (Å²) in [4.78, 5) is 14.6. The molecule has 1 N–H and O–H groups in total. The van der Waals surface area contributed by atoms with Gasteiger partial charge in [0.05, 0.1) is 6.42 Å². The summed E-state index contributed by atoms with van der Waals surface area (Å²) in [7, 11) is 1.99. The molecule has 0 spiro atoms. The van der Waals surface area contributed by atoms with Crippen LogP contribution in [0.5, 0.6) is 5.75 Å². The average molecular weight is 387 g/mol. The van der Waals surface area contributed by atoms with Crippen molar-refractivity contribution in [3.63, 3.8) is 0 Å². The van der Waals surface area contributed by atoms with E-state index >= 15 is 0 Å². The Kier molecular flexibility index (Phi) is 7.13. The summed E-state index contributed by atoms with van der Waals surface area (Å²) < 4.78 is 5.87. The Morgan fingerprint density at radius 3 is 2.59 bits per heavy atom. The van der Waals surface area contributed by atoms with Gasteiger partial charge in [-0.3, -0.25) is 4.79 Å². The Bertz CT molecular complexity index is 740. The van der Waals surface area contributed by atoms with Crippen molar-refractivity contribution >= 4 is 17.5 Å². The van der Waals surface area contributed by atoms with Crippen LogP contribution in [-0.4, -0.2) is 37.5 Å². The summed E-state index contributed by atoms with van der Waals surface area (Å²) in [5, 5.41) is 3.95. The maximum Gasteiger partial charge on any atom is 0.226 e. The zero-order valence-corrected chi connectivity index (χ0v) is 16.5. The molecular weight excluding hydrogens is 360 g/mol. The fourth-order valence-electron chi connectivity index (χ4n) is 3.45. The van der Waals surface area contributed by atoms with Crippen molar-refractivity contribution in [3.05, 3.63) is 64.7 Å². The van der Waals surface area contributed by atoms with Crippen LogP contribution in [0.3, 0.4) is 0 Å². The summed E-state index contributed by atoms with van der Waals surface area (Å²) in [5.41, 5.74) is 2.05. The van der Waals surface area contributed by atoms with E-state index in [1.165, 1.54) is 0 Å². The van der Waals surface area contributed by atoms with Gasteiger partial charge in [0.25, 0.3) is 0 Å². The molecule has 0 saturated carbocycles. The van der Waals surface area contributed by atoms with E-state index in [4.69, 9.17) is 16.3 Å². The molecular formula is C22H27ClN2O2. The maximum atomic E-state index is 12.6. The van der Waals surface area contributed by atoms with Crippen molar-refractivity contribution in [1.29, 1.82) is 0 Å². The lowest BCUT2D eigenvalue weighted by atomic mass is 9.96. The van der Waals surface area contributed by atoms with Gasteiger partial charge in [0.1, 0.15) is 12.4 Å². The number of amides is 1. The Labute approximate surface area is 166 Å². The molecule has 1 aliphatic rings. The number of carbonyl (C=O) groups excluding carboxylic acids is 1. The van der Waals surface area contributed by atoms with Crippen LogP contribution in [-0.2, 0) is 17.8 Å². The molecule has 2 aromatic carbocycles. The Morgan fingerprint density at radius 1 is 1.15 bits per heavy atom. The first-order valence-corrected chi connectivity index (χ1v) is 9.90. The van der Waals surface area contributed by atoms with Crippen LogP contribution in [0, 0.1) is 5.92 Å². The molecule has 1 saturated heterocycles. The van der Waals surface area contributed by atoms with Crippen LogP contribution < -0.4 is 10.1 Å². The fraction of sp³-hybridized carbons (Fsp3) is 0.409. The number of piperidine rings is 1. The minimum Gasteiger partial charge on any atom is -0.489 e. The number of benzene rings is 2. The third-order valence-corrected chi connectivity index (χ3v) is 5.28. The zero-order chi connectivity index (χ0) is 19.1. The minimum atomic E-state index is 0.202. The molecule has 1 aliphatic heterocycles. The van der Waals surface area contributed by atoms with Gasteiger partial charge in [-0.25, -0.2) is 0 Å². The van der Waals surface area contributed by atoms with Crippen LogP contribution >= 0.6 is 11.6 Å². The number of nitrogens with zero attached hydrogens (tertiary/aromatic N) is 1. The third kappa shape index (κ3) is 5.98. The van der Waals surface area contributed by atoms with E-state index in [-0.39, 0.29) is 5.91 Å². The topological polar surface area (TPSA) is 41.6 Å². The van der Waals surface area contributed by atoms with Gasteiger partial charge in [-0.2, -0.15) is 0 Å². The first-order chi connectivity index (χ1) is 13.1. The summed E-state index contributed by atoms with van der Waals surface area (Å²) >= 11 is 5.91. The monoisotopic (exact) mass is 386 g/mol. The van der Waals surface area contributed by atoms with Gasteiger partial charge in [0.15, 0.2) is 0 Å². The first kappa shape index (κ1) is 19.7. The van der Waals surface area contributed by atoms with Gasteiger partial charge in [-0.1, -0.05) is 35.9 Å². The number of halogens is 1. The largest absolute Gasteiger partial charge is 0.489 e. The second-order valence-corrected chi connectivity index (χ2v) is 7.56. The zero-order valence-electron chi connectivity index (χ0n) is 15.8. The van der Waals surface area contributed by atoms with Crippen molar-refractivity contribution < 1.29 is 9.53 Å². The predicted octanol–water partition coefficient (Wildman–Crippen LogP) is 3.92. The Morgan fingerprint density at radius 2 is 1.89 bits per heavy atom. The molecule has 0 aromatic heterocycles. The second kappa shape index (κ2) is 9.77. The van der Waals surface area contributed by atoms with Gasteiger partial charge in [0.2, 0.25) is 5.91 Å². The van der Waals surface area contributed by atoms with Crippen LogP contribution in [0.25, 0.3) is 0 Å². The molecule has 2 aromatic rings. The lowest BCUT2D eigenvalue weighted by Gasteiger charge is -2.32. The predicted molar refractivity (Wildman–Crippen MR) is 109 cm³/mol. The second-order valence-electron chi connectivity index (χ2n) is 7.12. The standard InChI is InChI=1S/C22H27ClN2O2/c1-24-15-17-9-11-25(12-10-17)22(26)14-19-3-2-4-21(13-19)27-16-18-5-7-20(23)8-6-18/h2-8,13,17,24H,9-12,14-16H2,1H3. The van der Waals surface area contributed by atoms with E-state index in [9.17, 15) is 4.79 Å². The first-order valence-electron chi connectivity index (χ1n) is 9.52. The van der Waals surface area contributed by atoms with Gasteiger partial charge in [-0.15, -0.1) is 0 Å². The molecule has 1 amide bonds. The van der Waals surface area contributed by atoms with Crippen molar-refractivity contribution in [3.8, 4) is 5.75 Å². The Hall–Kier alpha value is -2.04. The molecule has 0 radical (unpaired) electrons. The number of ether oxygens (including phenoxy) is 1. The minimum absolute atomic E-state index is 0.202. The molecule has 4 nitrogen and oxygen atoms in total. The number of likely N-dealkylation sites (tertiary alicyclic amines) is 1. The number of rotatable bonds is 7. The van der Waals surface area contributed by atoms with Crippen molar-refractivity contribution in [2.75, 3.05) is 26.7 Å². The molecule has 3 rings (SSSR count). The molecule has 5 heteroatoms. The normalized spacial score (nSPS) is 15.0. The Balaban J connectivity index is 1.51. The van der Waals surface area contributed by atoms with Gasteiger partial charge in [0, 0.05) is 18.1 Å².